The average molecular weight is 435 g/mol. The standard InChI is InChI=1S/C15H36F2O6Si3/c1-18-15(16,17)14-22-10-9-11-24(5,6)23-25(7,8)12-13-26(19-2,20-3)21-4/h9-14H2,1-8H3. The second-order valence-electron chi connectivity index (χ2n) is 7.41. The van der Waals surface area contributed by atoms with Gasteiger partial charge in [0.2, 0.25) is 0 Å². The number of alkyl halides is 2. The third kappa shape index (κ3) is 10.6. The molecule has 0 amide bonds. The van der Waals surface area contributed by atoms with Gasteiger partial charge in [-0.3, -0.25) is 0 Å². The molecule has 0 spiro atoms. The van der Waals surface area contributed by atoms with E-state index in [-0.39, 0.29) is 6.61 Å². The van der Waals surface area contributed by atoms with E-state index >= 15 is 0 Å². The van der Waals surface area contributed by atoms with Gasteiger partial charge in [0.05, 0.1) is 0 Å². The number of halogens is 2. The van der Waals surface area contributed by atoms with Crippen molar-refractivity contribution in [2.45, 2.75) is 56.8 Å². The van der Waals surface area contributed by atoms with Crippen LogP contribution in [0, 0.1) is 0 Å². The fraction of sp³-hybridized carbons (Fsp3) is 1.00. The van der Waals surface area contributed by atoms with Gasteiger partial charge in [0.15, 0.2) is 16.6 Å². The maximum atomic E-state index is 12.9. The van der Waals surface area contributed by atoms with Gasteiger partial charge in [-0.1, -0.05) is 0 Å². The zero-order chi connectivity index (χ0) is 20.5. The smallest absolute Gasteiger partial charge is 0.456 e. The van der Waals surface area contributed by atoms with Gasteiger partial charge < -0.3 is 26.9 Å². The van der Waals surface area contributed by atoms with Gasteiger partial charge in [-0.25, -0.2) is 0 Å². The lowest BCUT2D eigenvalue weighted by Gasteiger charge is -2.35. The molecule has 0 saturated carbocycles. The molecule has 0 radical (unpaired) electrons. The molecule has 0 fully saturated rings. The van der Waals surface area contributed by atoms with E-state index in [2.05, 4.69) is 30.9 Å². The molecule has 0 aromatic rings. The van der Waals surface area contributed by atoms with Gasteiger partial charge in [-0.05, 0) is 44.7 Å². The van der Waals surface area contributed by atoms with Crippen molar-refractivity contribution >= 4 is 25.4 Å². The van der Waals surface area contributed by atoms with Crippen LogP contribution in [0.15, 0.2) is 0 Å². The topological polar surface area (TPSA) is 55.4 Å². The highest BCUT2D eigenvalue weighted by molar-refractivity contribution is 6.85. The highest BCUT2D eigenvalue weighted by atomic mass is 28.4. The van der Waals surface area contributed by atoms with Crippen molar-refractivity contribution in [1.29, 1.82) is 0 Å². The van der Waals surface area contributed by atoms with Gasteiger partial charge in [-0.2, -0.15) is 8.78 Å². The fourth-order valence-electron chi connectivity index (χ4n) is 2.71. The molecule has 0 atom stereocenters. The molecule has 0 aromatic carbocycles. The summed E-state index contributed by atoms with van der Waals surface area (Å²) in [6.07, 6.45) is -2.53. The third-order valence-corrected chi connectivity index (χ3v) is 14.8. The molecule has 0 aliphatic heterocycles. The Kier molecular flexibility index (Phi) is 11.4. The van der Waals surface area contributed by atoms with Crippen molar-refractivity contribution in [2.24, 2.45) is 0 Å². The van der Waals surface area contributed by atoms with Crippen LogP contribution < -0.4 is 0 Å². The summed E-state index contributed by atoms with van der Waals surface area (Å²) in [6, 6.07) is 2.44. The first-order chi connectivity index (χ1) is 11.9. The first-order valence-electron chi connectivity index (χ1n) is 8.73. The minimum Gasteiger partial charge on any atom is -0.456 e. The molecule has 0 N–H and O–H groups in total. The Labute approximate surface area is 160 Å². The van der Waals surface area contributed by atoms with Gasteiger partial charge >= 0.3 is 14.9 Å². The molecule has 0 aliphatic rings. The van der Waals surface area contributed by atoms with Gasteiger partial charge in [-0.15, -0.1) is 0 Å². The summed E-state index contributed by atoms with van der Waals surface area (Å²) in [5, 5.41) is 0. The molecule has 0 bridgehead atoms. The molecule has 26 heavy (non-hydrogen) atoms. The molecule has 0 heterocycles. The largest absolute Gasteiger partial charge is 0.499 e. The van der Waals surface area contributed by atoms with E-state index in [1.165, 1.54) is 0 Å². The van der Waals surface area contributed by atoms with E-state index in [9.17, 15) is 8.78 Å². The first kappa shape index (κ1) is 26.3. The normalized spacial score (nSPS) is 14.1. The van der Waals surface area contributed by atoms with E-state index in [0.717, 1.165) is 25.2 Å². The van der Waals surface area contributed by atoms with E-state index < -0.39 is 38.2 Å². The maximum Gasteiger partial charge on any atom is 0.499 e. The highest BCUT2D eigenvalue weighted by Gasteiger charge is 2.42. The van der Waals surface area contributed by atoms with Crippen molar-refractivity contribution < 1.29 is 35.6 Å². The van der Waals surface area contributed by atoms with Gasteiger partial charge in [0, 0.05) is 41.1 Å². The van der Waals surface area contributed by atoms with Crippen LogP contribution in [-0.2, 0) is 26.9 Å². The summed E-state index contributed by atoms with van der Waals surface area (Å²) in [5.74, 6) is 0. The molecule has 11 heteroatoms. The van der Waals surface area contributed by atoms with Crippen molar-refractivity contribution in [1.82, 2.24) is 0 Å². The lowest BCUT2D eigenvalue weighted by Crippen LogP contribution is -2.48. The molecular formula is C15H36F2O6Si3. The quantitative estimate of drug-likeness (QED) is 0.287. The molecule has 0 saturated heterocycles. The number of rotatable bonds is 15. The van der Waals surface area contributed by atoms with E-state index in [1.807, 2.05) is 0 Å². The second-order valence-corrected chi connectivity index (χ2v) is 19.4. The molecule has 158 valence electrons. The minimum absolute atomic E-state index is 0.272. The van der Waals surface area contributed by atoms with E-state index in [4.69, 9.17) is 22.1 Å². The molecule has 6 nitrogen and oxygen atoms in total. The Balaban J connectivity index is 4.36. The monoisotopic (exact) mass is 434 g/mol. The van der Waals surface area contributed by atoms with Crippen LogP contribution in [0.5, 0.6) is 0 Å². The lowest BCUT2D eigenvalue weighted by atomic mass is 10.5. The number of methoxy groups -OCH3 is 1. The lowest BCUT2D eigenvalue weighted by molar-refractivity contribution is -0.249. The van der Waals surface area contributed by atoms with Crippen molar-refractivity contribution in [3.8, 4) is 0 Å². The van der Waals surface area contributed by atoms with Crippen LogP contribution in [0.2, 0.25) is 44.3 Å². The van der Waals surface area contributed by atoms with Crippen LogP contribution in [-0.4, -0.2) is 73.2 Å². The average Bonchev–Trinajstić information content (AvgIpc) is 2.55. The molecule has 0 aromatic heterocycles. The molecule has 0 rings (SSSR count). The predicted octanol–water partition coefficient (Wildman–Crippen LogP) is 3.94. The van der Waals surface area contributed by atoms with Crippen LogP contribution in [0.1, 0.15) is 6.42 Å². The summed E-state index contributed by atoms with van der Waals surface area (Å²) in [5.41, 5.74) is 0. The predicted molar refractivity (Wildman–Crippen MR) is 105 cm³/mol. The summed E-state index contributed by atoms with van der Waals surface area (Å²) in [4.78, 5) is 0. The summed E-state index contributed by atoms with van der Waals surface area (Å²) < 4.78 is 57.8. The number of ether oxygens (including phenoxy) is 2. The fourth-order valence-corrected chi connectivity index (χ4v) is 15.3. The Bertz CT molecular complexity index is 387. The van der Waals surface area contributed by atoms with Gasteiger partial charge in [0.1, 0.15) is 6.61 Å². The molecule has 0 aliphatic carbocycles. The van der Waals surface area contributed by atoms with Crippen molar-refractivity contribution in [2.75, 3.05) is 41.7 Å². The zero-order valence-electron chi connectivity index (χ0n) is 17.4. The number of hydrogen-bond donors (Lipinski definition) is 0. The van der Waals surface area contributed by atoms with Crippen LogP contribution in [0.25, 0.3) is 0 Å². The Hall–Kier alpha value is 0.271. The van der Waals surface area contributed by atoms with Crippen LogP contribution >= 0.6 is 0 Å². The Morgan fingerprint density at radius 3 is 1.73 bits per heavy atom. The van der Waals surface area contributed by atoms with Crippen molar-refractivity contribution in [3.63, 3.8) is 0 Å². The third-order valence-electron chi connectivity index (χ3n) is 4.16. The number of hydrogen-bond acceptors (Lipinski definition) is 6. The maximum absolute atomic E-state index is 12.9. The van der Waals surface area contributed by atoms with E-state index in [0.29, 0.717) is 6.42 Å². The molecular weight excluding hydrogens is 398 g/mol. The Morgan fingerprint density at radius 1 is 0.769 bits per heavy atom. The van der Waals surface area contributed by atoms with Gasteiger partial charge in [0.25, 0.3) is 0 Å². The van der Waals surface area contributed by atoms with Crippen molar-refractivity contribution in [3.05, 3.63) is 0 Å². The summed E-state index contributed by atoms with van der Waals surface area (Å²) in [7, 11) is -0.632. The SMILES string of the molecule is COC(F)(F)COCCC[Si](C)(C)O[Si](C)(C)CC[Si](OC)(OC)OC. The molecule has 0 unspecified atom stereocenters. The van der Waals surface area contributed by atoms with Crippen LogP contribution in [0.3, 0.4) is 0 Å². The summed E-state index contributed by atoms with van der Waals surface area (Å²) in [6.45, 7) is 8.21. The van der Waals surface area contributed by atoms with E-state index in [1.54, 1.807) is 21.3 Å². The highest BCUT2D eigenvalue weighted by Crippen LogP contribution is 2.27. The first-order valence-corrected chi connectivity index (χ1v) is 16.9. The van der Waals surface area contributed by atoms with Crippen LogP contribution in [0.4, 0.5) is 8.78 Å². The summed E-state index contributed by atoms with van der Waals surface area (Å²) >= 11 is 0. The second kappa shape index (κ2) is 11.3. The zero-order valence-corrected chi connectivity index (χ0v) is 20.4. The minimum atomic E-state index is -3.22. The Morgan fingerprint density at radius 2 is 1.27 bits per heavy atom.